The number of ether oxygens (including phenoxy) is 5. The van der Waals surface area contributed by atoms with Crippen LogP contribution in [0.4, 0.5) is 0 Å². The molecule has 4 aromatic rings. The van der Waals surface area contributed by atoms with Gasteiger partial charge in [-0.15, -0.1) is 0 Å². The van der Waals surface area contributed by atoms with Crippen LogP contribution in [0, 0.1) is 11.3 Å². The molecule has 6 rings (SSSR count). The van der Waals surface area contributed by atoms with Crippen LogP contribution in [0.2, 0.25) is 0 Å². The predicted molar refractivity (Wildman–Crippen MR) is 191 cm³/mol. The highest BCUT2D eigenvalue weighted by Crippen LogP contribution is 2.29. The van der Waals surface area contributed by atoms with Gasteiger partial charge in [-0.05, 0) is 68.1 Å². The van der Waals surface area contributed by atoms with Gasteiger partial charge in [0.05, 0.1) is 11.6 Å². The fourth-order valence-electron chi connectivity index (χ4n) is 6.08. The van der Waals surface area contributed by atoms with Crippen molar-refractivity contribution in [1.29, 1.82) is 5.26 Å². The maximum atomic E-state index is 11.3. The Kier molecular flexibility index (Phi) is 12.3. The maximum Gasteiger partial charge on any atom is 0.222 e. The first-order valence-corrected chi connectivity index (χ1v) is 17.5. The van der Waals surface area contributed by atoms with Crippen LogP contribution in [0.3, 0.4) is 0 Å². The number of nitrogens with zero attached hydrogens (tertiary/aromatic N) is 5. The van der Waals surface area contributed by atoms with Crippen molar-refractivity contribution < 1.29 is 33.3 Å². The van der Waals surface area contributed by atoms with Crippen LogP contribution in [-0.2, 0) is 42.5 Å². The zero-order valence-electron chi connectivity index (χ0n) is 29.6. The van der Waals surface area contributed by atoms with Gasteiger partial charge in [0.15, 0.2) is 0 Å². The van der Waals surface area contributed by atoms with Crippen LogP contribution in [0.25, 0.3) is 0 Å². The molecule has 0 N–H and O–H groups in total. The molecule has 0 radical (unpaired) electrons. The van der Waals surface area contributed by atoms with Crippen LogP contribution in [0.1, 0.15) is 72.9 Å². The molecule has 0 unspecified atom stereocenters. The summed E-state index contributed by atoms with van der Waals surface area (Å²) in [6.07, 6.45) is 2.71. The van der Waals surface area contributed by atoms with E-state index >= 15 is 0 Å². The third-order valence-electron chi connectivity index (χ3n) is 8.86. The molecule has 0 amide bonds. The molecule has 52 heavy (non-hydrogen) atoms. The molecule has 2 aliphatic rings. The second-order valence-corrected chi connectivity index (χ2v) is 13.1. The third kappa shape index (κ3) is 10.1. The monoisotopic (exact) mass is 705 g/mol. The smallest absolute Gasteiger partial charge is 0.222 e. The quantitative estimate of drug-likeness (QED) is 0.125. The van der Waals surface area contributed by atoms with E-state index in [9.17, 15) is 14.9 Å². The highest BCUT2D eigenvalue weighted by molar-refractivity contribution is 5.75. The molecule has 270 valence electrons. The molecule has 0 fully saturated rings. The summed E-state index contributed by atoms with van der Waals surface area (Å²) in [7, 11) is 0. The first kappa shape index (κ1) is 36.3. The summed E-state index contributed by atoms with van der Waals surface area (Å²) in [5, 5.41) is 9.38. The lowest BCUT2D eigenvalue weighted by Crippen LogP contribution is -2.33. The number of pyridine rings is 2. The summed E-state index contributed by atoms with van der Waals surface area (Å²) in [4.78, 5) is 36.2. The molecule has 12 nitrogen and oxygen atoms in total. The van der Waals surface area contributed by atoms with E-state index in [1.807, 2.05) is 48.5 Å². The molecule has 4 heterocycles. The number of hydrogen-bond donors (Lipinski definition) is 0. The van der Waals surface area contributed by atoms with E-state index in [0.29, 0.717) is 74.2 Å². The van der Waals surface area contributed by atoms with Gasteiger partial charge < -0.3 is 33.3 Å². The predicted octanol–water partition coefficient (Wildman–Crippen LogP) is 6.13. The number of ketones is 2. The number of Topliss-reactive ketones (excluding diaryl/α,β-unsaturated/α-hetero) is 2. The van der Waals surface area contributed by atoms with Crippen molar-refractivity contribution >= 4 is 11.6 Å². The molecule has 2 aliphatic heterocycles. The molecule has 0 atom stereocenters. The summed E-state index contributed by atoms with van der Waals surface area (Å²) in [6, 6.07) is 22.7. The second-order valence-electron chi connectivity index (χ2n) is 13.1. The van der Waals surface area contributed by atoms with Crippen molar-refractivity contribution in [2.45, 2.75) is 72.4 Å². The molecule has 2 aromatic heterocycles. The van der Waals surface area contributed by atoms with Crippen LogP contribution < -0.4 is 23.7 Å². The fourth-order valence-corrected chi connectivity index (χ4v) is 6.08. The minimum Gasteiger partial charge on any atom is -0.489 e. The van der Waals surface area contributed by atoms with Crippen molar-refractivity contribution in [1.82, 2.24) is 19.8 Å². The molecule has 12 heteroatoms. The molecule has 0 bridgehead atoms. The van der Waals surface area contributed by atoms with E-state index < -0.39 is 0 Å². The van der Waals surface area contributed by atoms with Gasteiger partial charge in [-0.25, -0.2) is 0 Å². The molecular weight excluding hydrogens is 662 g/mol. The van der Waals surface area contributed by atoms with Crippen LogP contribution >= 0.6 is 0 Å². The average molecular weight is 706 g/mol. The van der Waals surface area contributed by atoms with Gasteiger partial charge in [0.2, 0.25) is 23.5 Å². The summed E-state index contributed by atoms with van der Waals surface area (Å²) >= 11 is 0. The average Bonchev–Trinajstić information content (AvgIpc) is 3.15. The summed E-state index contributed by atoms with van der Waals surface area (Å²) in [5.74, 6) is 2.93. The van der Waals surface area contributed by atoms with Gasteiger partial charge >= 0.3 is 0 Å². The van der Waals surface area contributed by atoms with E-state index in [1.165, 1.54) is 0 Å². The first-order valence-electron chi connectivity index (χ1n) is 17.5. The van der Waals surface area contributed by atoms with Gasteiger partial charge in [0.1, 0.15) is 50.6 Å². The number of rotatable bonds is 17. The maximum absolute atomic E-state index is 11.3. The zero-order chi connectivity index (χ0) is 36.3. The number of carbonyl (C=O) groups excluding carboxylic acids is 2. The Morgan fingerprint density at radius 2 is 1.27 bits per heavy atom. The number of carbonyl (C=O) groups is 2. The Morgan fingerprint density at radius 3 is 1.79 bits per heavy atom. The first-order chi connectivity index (χ1) is 25.3. The molecule has 0 spiro atoms. The van der Waals surface area contributed by atoms with Crippen molar-refractivity contribution in [2.75, 3.05) is 26.6 Å². The van der Waals surface area contributed by atoms with Gasteiger partial charge in [0, 0.05) is 67.8 Å². The molecular formula is C40H43N5O7. The van der Waals surface area contributed by atoms with Gasteiger partial charge in [0.25, 0.3) is 0 Å². The van der Waals surface area contributed by atoms with Crippen molar-refractivity contribution in [3.8, 4) is 35.3 Å². The van der Waals surface area contributed by atoms with Crippen LogP contribution in [-0.4, -0.2) is 57.9 Å². The van der Waals surface area contributed by atoms with Crippen LogP contribution in [0.5, 0.6) is 29.3 Å². The largest absolute Gasteiger partial charge is 0.489 e. The zero-order valence-corrected chi connectivity index (χ0v) is 29.6. The normalized spacial score (nSPS) is 13.9. The number of nitriles is 1. The lowest BCUT2D eigenvalue weighted by Gasteiger charge is -2.28. The number of fused-ring (bicyclic) bond motifs is 2. The topological polar surface area (TPSA) is 136 Å². The minimum atomic E-state index is 0.191. The Bertz CT molecular complexity index is 1820. The van der Waals surface area contributed by atoms with Gasteiger partial charge in [-0.2, -0.15) is 15.2 Å². The summed E-state index contributed by atoms with van der Waals surface area (Å²) < 4.78 is 30.5. The van der Waals surface area contributed by atoms with Gasteiger partial charge in [-0.3, -0.25) is 9.80 Å². The van der Waals surface area contributed by atoms with Crippen LogP contribution in [0.15, 0.2) is 66.7 Å². The Hall–Kier alpha value is -5.51. The number of hydrogen-bond acceptors (Lipinski definition) is 12. The second kappa shape index (κ2) is 17.6. The van der Waals surface area contributed by atoms with Crippen molar-refractivity contribution in [2.24, 2.45) is 0 Å². The van der Waals surface area contributed by atoms with E-state index in [1.54, 1.807) is 32.0 Å². The Balaban J connectivity index is 1.13. The van der Waals surface area contributed by atoms with Gasteiger partial charge in [-0.1, -0.05) is 24.3 Å². The van der Waals surface area contributed by atoms with E-state index in [4.69, 9.17) is 23.7 Å². The van der Waals surface area contributed by atoms with E-state index in [0.717, 1.165) is 53.7 Å². The molecule has 0 aliphatic carbocycles. The van der Waals surface area contributed by atoms with E-state index in [-0.39, 0.29) is 31.4 Å². The Morgan fingerprint density at radius 1 is 0.731 bits per heavy atom. The standard InChI is InChI=1S/C40H43N5O7/c1-28(46)7-5-17-44-21-31-13-15-37(42-39(31)51-26-44)49-23-33-10-4-11-34(36(33)25-48-35-12-3-9-30(19-35)20-41)24-50-38-16-14-32-22-45(18-6-8-29(2)47)27-52-40(32)43-38/h3-4,9-16,19H,5-8,17-18,21-27H2,1-2H3. The Labute approximate surface area is 303 Å². The lowest BCUT2D eigenvalue weighted by molar-refractivity contribution is -0.118. The number of aromatic nitrogens is 2. The minimum absolute atomic E-state index is 0.191. The number of benzene rings is 2. The highest BCUT2D eigenvalue weighted by atomic mass is 16.5. The van der Waals surface area contributed by atoms with Crippen molar-refractivity contribution in [3.05, 3.63) is 100 Å². The fraction of sp³-hybridized carbons (Fsp3) is 0.375. The third-order valence-corrected chi connectivity index (χ3v) is 8.86. The highest BCUT2D eigenvalue weighted by Gasteiger charge is 2.21. The lowest BCUT2D eigenvalue weighted by atomic mass is 10.0. The van der Waals surface area contributed by atoms with Crippen molar-refractivity contribution in [3.63, 3.8) is 0 Å². The molecule has 0 saturated heterocycles. The molecule has 2 aromatic carbocycles. The van der Waals surface area contributed by atoms with E-state index in [2.05, 4.69) is 25.8 Å². The SMILES string of the molecule is CC(=O)CCCN1COc2nc(OCc3cccc(COc4ccc5c(n4)OCN(CCCC(C)=O)C5)c3COc3cccc(C#N)c3)ccc2C1. The molecule has 0 saturated carbocycles. The summed E-state index contributed by atoms with van der Waals surface area (Å²) in [5.41, 5.74) is 5.12. The summed E-state index contributed by atoms with van der Waals surface area (Å²) in [6.45, 7) is 7.66.